The Morgan fingerprint density at radius 3 is 2.75 bits per heavy atom. The molecular formula is C24H33N5O3. The van der Waals surface area contributed by atoms with E-state index in [0.29, 0.717) is 12.2 Å². The standard InChI is InChI=1S/C24H33N5O3/c1-16(2)29-21(12-13-25-29)26-23(31)15-28-19(17-8-10-18(32-4)11-9-17)14-24(3)20(28)6-5-7-22(30)27-24/h8-13,16,19-20H,5-7,14-15H2,1-4H3,(H,26,31)(H,27,30)/t19-,20-,24-/m0/s1. The van der Waals surface area contributed by atoms with Crippen molar-refractivity contribution in [2.45, 2.75) is 70.1 Å². The second kappa shape index (κ2) is 8.94. The Labute approximate surface area is 189 Å². The molecule has 0 unspecified atom stereocenters. The molecule has 172 valence electrons. The van der Waals surface area contributed by atoms with Crippen LogP contribution < -0.4 is 15.4 Å². The van der Waals surface area contributed by atoms with Gasteiger partial charge < -0.3 is 15.4 Å². The van der Waals surface area contributed by atoms with Gasteiger partial charge in [-0.2, -0.15) is 5.10 Å². The van der Waals surface area contributed by atoms with E-state index in [4.69, 9.17) is 4.74 Å². The van der Waals surface area contributed by atoms with Gasteiger partial charge in [-0.05, 0) is 57.7 Å². The number of nitrogens with zero attached hydrogens (tertiary/aromatic N) is 3. The maximum atomic E-state index is 13.1. The van der Waals surface area contributed by atoms with Crippen LogP contribution in [-0.2, 0) is 9.59 Å². The molecule has 4 rings (SSSR count). The third-order valence-corrected chi connectivity index (χ3v) is 6.71. The normalized spacial score (nSPS) is 25.8. The third kappa shape index (κ3) is 4.37. The molecule has 1 aromatic carbocycles. The molecule has 0 spiro atoms. The number of carbonyl (C=O) groups is 2. The van der Waals surface area contributed by atoms with Crippen LogP contribution in [0.5, 0.6) is 5.75 Å². The largest absolute Gasteiger partial charge is 0.497 e. The summed E-state index contributed by atoms with van der Waals surface area (Å²) in [7, 11) is 1.65. The molecule has 8 nitrogen and oxygen atoms in total. The molecule has 2 aliphatic rings. The van der Waals surface area contributed by atoms with E-state index >= 15 is 0 Å². The summed E-state index contributed by atoms with van der Waals surface area (Å²) in [4.78, 5) is 27.8. The van der Waals surface area contributed by atoms with E-state index in [1.54, 1.807) is 18.0 Å². The van der Waals surface area contributed by atoms with Gasteiger partial charge in [0.2, 0.25) is 11.8 Å². The van der Waals surface area contributed by atoms with Gasteiger partial charge in [-0.15, -0.1) is 0 Å². The Balaban J connectivity index is 1.60. The molecule has 32 heavy (non-hydrogen) atoms. The molecule has 2 saturated heterocycles. The van der Waals surface area contributed by atoms with Crippen LogP contribution in [0, 0.1) is 0 Å². The van der Waals surface area contributed by atoms with Gasteiger partial charge in [-0.1, -0.05) is 12.1 Å². The number of hydrogen-bond acceptors (Lipinski definition) is 5. The highest BCUT2D eigenvalue weighted by molar-refractivity contribution is 5.91. The molecule has 2 aliphatic heterocycles. The summed E-state index contributed by atoms with van der Waals surface area (Å²) in [6, 6.07) is 10.1. The van der Waals surface area contributed by atoms with Crippen LogP contribution in [-0.4, -0.2) is 51.7 Å². The molecule has 0 saturated carbocycles. The maximum absolute atomic E-state index is 13.1. The number of likely N-dealkylation sites (tertiary alicyclic amines) is 1. The van der Waals surface area contributed by atoms with Crippen LogP contribution in [0.2, 0.25) is 0 Å². The fourth-order valence-electron chi connectivity index (χ4n) is 5.22. The molecule has 2 aromatic rings. The van der Waals surface area contributed by atoms with E-state index in [2.05, 4.69) is 39.7 Å². The van der Waals surface area contributed by atoms with Gasteiger partial charge in [-0.3, -0.25) is 14.5 Å². The van der Waals surface area contributed by atoms with Crippen LogP contribution in [0.25, 0.3) is 0 Å². The van der Waals surface area contributed by atoms with Crippen molar-refractivity contribution in [2.24, 2.45) is 0 Å². The monoisotopic (exact) mass is 439 g/mol. The molecule has 3 atom stereocenters. The summed E-state index contributed by atoms with van der Waals surface area (Å²) >= 11 is 0. The first-order valence-electron chi connectivity index (χ1n) is 11.3. The summed E-state index contributed by atoms with van der Waals surface area (Å²) in [5, 5.41) is 10.6. The van der Waals surface area contributed by atoms with Gasteiger partial charge in [0.05, 0.1) is 25.4 Å². The minimum atomic E-state index is -0.377. The summed E-state index contributed by atoms with van der Waals surface area (Å²) in [6.45, 7) is 6.42. The number of anilines is 1. The van der Waals surface area contributed by atoms with Crippen molar-refractivity contribution in [1.82, 2.24) is 20.0 Å². The minimum absolute atomic E-state index is 0.0232. The van der Waals surface area contributed by atoms with E-state index in [1.165, 1.54) is 0 Å². The molecule has 2 N–H and O–H groups in total. The van der Waals surface area contributed by atoms with Crippen molar-refractivity contribution in [3.63, 3.8) is 0 Å². The number of fused-ring (bicyclic) bond motifs is 1. The predicted molar refractivity (Wildman–Crippen MR) is 122 cm³/mol. The third-order valence-electron chi connectivity index (χ3n) is 6.71. The van der Waals surface area contributed by atoms with Crippen molar-refractivity contribution in [3.8, 4) is 5.75 Å². The average Bonchev–Trinajstić information content (AvgIpc) is 3.27. The number of carbonyl (C=O) groups excluding carboxylic acids is 2. The highest BCUT2D eigenvalue weighted by Gasteiger charge is 2.51. The summed E-state index contributed by atoms with van der Waals surface area (Å²) in [5.41, 5.74) is 0.743. The van der Waals surface area contributed by atoms with Gasteiger partial charge in [0.25, 0.3) is 0 Å². The maximum Gasteiger partial charge on any atom is 0.239 e. The molecule has 0 bridgehead atoms. The number of ether oxygens (including phenoxy) is 1. The molecule has 0 aliphatic carbocycles. The zero-order valence-electron chi connectivity index (χ0n) is 19.3. The lowest BCUT2D eigenvalue weighted by atomic mass is 9.88. The number of aromatic nitrogens is 2. The number of benzene rings is 1. The topological polar surface area (TPSA) is 88.5 Å². The van der Waals surface area contributed by atoms with Gasteiger partial charge in [-0.25, -0.2) is 4.68 Å². The number of nitrogens with one attached hydrogen (secondary N) is 2. The van der Waals surface area contributed by atoms with Crippen molar-refractivity contribution in [1.29, 1.82) is 0 Å². The van der Waals surface area contributed by atoms with Gasteiger partial charge in [0.1, 0.15) is 11.6 Å². The lowest BCUT2D eigenvalue weighted by Gasteiger charge is -2.34. The minimum Gasteiger partial charge on any atom is -0.497 e. The smallest absolute Gasteiger partial charge is 0.239 e. The van der Waals surface area contributed by atoms with Crippen molar-refractivity contribution in [2.75, 3.05) is 19.0 Å². The highest BCUT2D eigenvalue weighted by Crippen LogP contribution is 2.45. The molecule has 2 fully saturated rings. The van der Waals surface area contributed by atoms with Crippen molar-refractivity contribution in [3.05, 3.63) is 42.1 Å². The van der Waals surface area contributed by atoms with Crippen LogP contribution in [0.3, 0.4) is 0 Å². The van der Waals surface area contributed by atoms with Crippen molar-refractivity contribution >= 4 is 17.6 Å². The Morgan fingerprint density at radius 2 is 2.06 bits per heavy atom. The Morgan fingerprint density at radius 1 is 1.31 bits per heavy atom. The Kier molecular flexibility index (Phi) is 6.24. The zero-order chi connectivity index (χ0) is 22.9. The second-order valence-electron chi connectivity index (χ2n) is 9.34. The van der Waals surface area contributed by atoms with Crippen LogP contribution >= 0.6 is 0 Å². The highest BCUT2D eigenvalue weighted by atomic mass is 16.5. The molecule has 3 heterocycles. The number of methoxy groups -OCH3 is 1. The molecule has 0 radical (unpaired) electrons. The average molecular weight is 440 g/mol. The second-order valence-corrected chi connectivity index (χ2v) is 9.34. The van der Waals surface area contributed by atoms with Gasteiger partial charge in [0.15, 0.2) is 0 Å². The summed E-state index contributed by atoms with van der Waals surface area (Å²) in [5.74, 6) is 1.51. The number of amides is 2. The zero-order valence-corrected chi connectivity index (χ0v) is 19.3. The fourth-order valence-corrected chi connectivity index (χ4v) is 5.22. The van der Waals surface area contributed by atoms with Crippen LogP contribution in [0.15, 0.2) is 36.5 Å². The van der Waals surface area contributed by atoms with Crippen LogP contribution in [0.1, 0.15) is 64.1 Å². The fraction of sp³-hybridized carbons (Fsp3) is 0.542. The van der Waals surface area contributed by atoms with Gasteiger partial charge in [0, 0.05) is 30.6 Å². The predicted octanol–water partition coefficient (Wildman–Crippen LogP) is 3.29. The van der Waals surface area contributed by atoms with E-state index < -0.39 is 0 Å². The molecule has 2 amide bonds. The van der Waals surface area contributed by atoms with E-state index in [-0.39, 0.29) is 42.0 Å². The van der Waals surface area contributed by atoms with E-state index in [9.17, 15) is 9.59 Å². The van der Waals surface area contributed by atoms with E-state index in [1.807, 2.05) is 32.0 Å². The van der Waals surface area contributed by atoms with Gasteiger partial charge >= 0.3 is 0 Å². The Bertz CT molecular complexity index is 970. The Hall–Kier alpha value is -2.87. The molecule has 8 heteroatoms. The first-order valence-corrected chi connectivity index (χ1v) is 11.3. The lowest BCUT2D eigenvalue weighted by Crippen LogP contribution is -2.53. The van der Waals surface area contributed by atoms with Crippen LogP contribution in [0.4, 0.5) is 5.82 Å². The number of rotatable bonds is 6. The number of hydrogen-bond donors (Lipinski definition) is 2. The quantitative estimate of drug-likeness (QED) is 0.721. The lowest BCUT2D eigenvalue weighted by molar-refractivity contribution is -0.122. The summed E-state index contributed by atoms with van der Waals surface area (Å²) < 4.78 is 7.12. The molecular weight excluding hydrogens is 406 g/mol. The first kappa shape index (κ1) is 22.3. The SMILES string of the molecule is COc1ccc([C@@H]2C[C@]3(C)NC(=O)CCC[C@@H]3N2CC(=O)Nc2ccnn2C(C)C)cc1. The van der Waals surface area contributed by atoms with E-state index in [0.717, 1.165) is 30.6 Å². The summed E-state index contributed by atoms with van der Waals surface area (Å²) in [6.07, 6.45) is 4.68. The molecule has 1 aromatic heterocycles. The van der Waals surface area contributed by atoms with Crippen molar-refractivity contribution < 1.29 is 14.3 Å². The first-order chi connectivity index (χ1) is 15.3.